The van der Waals surface area contributed by atoms with Gasteiger partial charge >= 0.3 is 0 Å². The van der Waals surface area contributed by atoms with Crippen LogP contribution in [-0.2, 0) is 6.54 Å². The minimum atomic E-state index is 0.732. The molecule has 0 spiro atoms. The predicted molar refractivity (Wildman–Crippen MR) is 49.8 cm³/mol. The maximum absolute atomic E-state index is 4.13. The molecule has 0 atom stereocenters. The molecule has 0 fully saturated rings. The van der Waals surface area contributed by atoms with Gasteiger partial charge in [0.25, 0.3) is 0 Å². The lowest BCUT2D eigenvalue weighted by molar-refractivity contribution is 0.660. The van der Waals surface area contributed by atoms with Crippen LogP contribution < -0.4 is 5.32 Å². The van der Waals surface area contributed by atoms with Crippen molar-refractivity contribution in [2.45, 2.75) is 13.5 Å². The van der Waals surface area contributed by atoms with Crippen molar-refractivity contribution < 1.29 is 0 Å². The highest BCUT2D eigenvalue weighted by Gasteiger charge is 1.98. The quantitative estimate of drug-likeness (QED) is 0.744. The molecule has 2 heterocycles. The Kier molecular flexibility index (Phi) is 1.99. The first-order valence-electron chi connectivity index (χ1n) is 4.17. The molecule has 0 radical (unpaired) electrons. The van der Waals surface area contributed by atoms with Crippen LogP contribution in [0.2, 0.25) is 0 Å². The maximum Gasteiger partial charge on any atom is 0.204 e. The van der Waals surface area contributed by atoms with Crippen molar-refractivity contribution in [3.05, 3.63) is 24.8 Å². The molecule has 2 aromatic heterocycles. The number of nitrogens with one attached hydrogen (secondary N) is 2. The smallest absolute Gasteiger partial charge is 0.204 e. The van der Waals surface area contributed by atoms with Crippen molar-refractivity contribution in [2.24, 2.45) is 0 Å². The fourth-order valence-electron chi connectivity index (χ4n) is 1.07. The number of aromatic nitrogens is 4. The SMILES string of the molecule is CCn1cc(Nc2ncc[nH]2)cn1. The average Bonchev–Trinajstić information content (AvgIpc) is 2.76. The first-order valence-corrected chi connectivity index (χ1v) is 4.17. The van der Waals surface area contributed by atoms with Gasteiger partial charge in [-0.3, -0.25) is 4.68 Å². The summed E-state index contributed by atoms with van der Waals surface area (Å²) in [4.78, 5) is 7.00. The first kappa shape index (κ1) is 7.85. The summed E-state index contributed by atoms with van der Waals surface area (Å²) in [6.07, 6.45) is 7.17. The van der Waals surface area contributed by atoms with Gasteiger partial charge in [-0.05, 0) is 6.92 Å². The van der Waals surface area contributed by atoms with Crippen molar-refractivity contribution >= 4 is 11.6 Å². The summed E-state index contributed by atoms with van der Waals surface area (Å²) in [6, 6.07) is 0. The number of aromatic amines is 1. The topological polar surface area (TPSA) is 58.5 Å². The zero-order chi connectivity index (χ0) is 9.10. The second kappa shape index (κ2) is 3.30. The van der Waals surface area contributed by atoms with Gasteiger partial charge in [0.1, 0.15) is 0 Å². The number of H-pyrrole nitrogens is 1. The van der Waals surface area contributed by atoms with Crippen LogP contribution in [0.15, 0.2) is 24.8 Å². The molecule has 2 N–H and O–H groups in total. The molecule has 0 amide bonds. The molecule has 5 nitrogen and oxygen atoms in total. The summed E-state index contributed by atoms with van der Waals surface area (Å²) >= 11 is 0. The van der Waals surface area contributed by atoms with Crippen LogP contribution in [0.5, 0.6) is 0 Å². The summed E-state index contributed by atoms with van der Waals surface area (Å²) in [5.74, 6) is 0.732. The van der Waals surface area contributed by atoms with Crippen molar-refractivity contribution in [3.63, 3.8) is 0 Å². The highest BCUT2D eigenvalue weighted by Crippen LogP contribution is 2.10. The van der Waals surface area contributed by atoms with Crippen LogP contribution in [0, 0.1) is 0 Å². The number of nitrogens with zero attached hydrogens (tertiary/aromatic N) is 3. The number of anilines is 2. The molecular formula is C8H11N5. The molecule has 2 rings (SSSR count). The van der Waals surface area contributed by atoms with Crippen molar-refractivity contribution in [2.75, 3.05) is 5.32 Å². The minimum absolute atomic E-state index is 0.732. The Balaban J connectivity index is 2.10. The number of rotatable bonds is 3. The maximum atomic E-state index is 4.13. The van der Waals surface area contributed by atoms with E-state index in [9.17, 15) is 0 Å². The van der Waals surface area contributed by atoms with Crippen molar-refractivity contribution in [1.82, 2.24) is 19.7 Å². The molecule has 5 heteroatoms. The lowest BCUT2D eigenvalue weighted by atomic mass is 10.6. The van der Waals surface area contributed by atoms with Gasteiger partial charge in [-0.1, -0.05) is 0 Å². The summed E-state index contributed by atoms with van der Waals surface area (Å²) in [7, 11) is 0. The number of imidazole rings is 1. The summed E-state index contributed by atoms with van der Waals surface area (Å²) in [5, 5.41) is 7.22. The van der Waals surface area contributed by atoms with Crippen molar-refractivity contribution in [3.8, 4) is 0 Å². The van der Waals surface area contributed by atoms with E-state index >= 15 is 0 Å². The molecule has 0 bridgehead atoms. The van der Waals surface area contributed by atoms with Gasteiger partial charge < -0.3 is 10.3 Å². The van der Waals surface area contributed by atoms with E-state index in [1.807, 2.05) is 17.8 Å². The third-order valence-corrected chi connectivity index (χ3v) is 1.72. The molecule has 68 valence electrons. The molecule has 0 unspecified atom stereocenters. The van der Waals surface area contributed by atoms with Gasteiger partial charge in [0.15, 0.2) is 0 Å². The molecule has 0 saturated heterocycles. The van der Waals surface area contributed by atoms with Gasteiger partial charge in [-0.25, -0.2) is 4.98 Å². The van der Waals surface area contributed by atoms with Gasteiger partial charge in [0, 0.05) is 25.1 Å². The first-order chi connectivity index (χ1) is 6.38. The minimum Gasteiger partial charge on any atom is -0.331 e. The molecule has 13 heavy (non-hydrogen) atoms. The van der Waals surface area contributed by atoms with E-state index in [1.165, 1.54) is 0 Å². The van der Waals surface area contributed by atoms with Crippen LogP contribution in [0.1, 0.15) is 6.92 Å². The molecule has 0 aromatic carbocycles. The highest BCUT2D eigenvalue weighted by atomic mass is 15.3. The van der Waals surface area contributed by atoms with E-state index in [0.29, 0.717) is 0 Å². The van der Waals surface area contributed by atoms with Gasteiger partial charge in [-0.2, -0.15) is 5.10 Å². The van der Waals surface area contributed by atoms with Crippen LogP contribution >= 0.6 is 0 Å². The molecule has 0 aliphatic heterocycles. The normalized spacial score (nSPS) is 10.2. The lowest BCUT2D eigenvalue weighted by Gasteiger charge is -1.96. The van der Waals surface area contributed by atoms with Crippen LogP contribution in [0.4, 0.5) is 11.6 Å². The van der Waals surface area contributed by atoms with E-state index < -0.39 is 0 Å². The monoisotopic (exact) mass is 177 g/mol. The Hall–Kier alpha value is -1.78. The lowest BCUT2D eigenvalue weighted by Crippen LogP contribution is -1.93. The van der Waals surface area contributed by atoms with Gasteiger partial charge in [0.05, 0.1) is 11.9 Å². The number of hydrogen-bond acceptors (Lipinski definition) is 3. The Morgan fingerprint density at radius 2 is 2.54 bits per heavy atom. The van der Waals surface area contributed by atoms with Gasteiger partial charge in [-0.15, -0.1) is 0 Å². The standard InChI is InChI=1S/C8H11N5/c1-2-13-6-7(5-11-13)12-8-9-3-4-10-8/h3-6H,2H2,1H3,(H2,9,10,12). The fraction of sp³-hybridized carbons (Fsp3) is 0.250. The van der Waals surface area contributed by atoms with E-state index in [2.05, 4.69) is 20.4 Å². The van der Waals surface area contributed by atoms with Crippen LogP contribution in [0.3, 0.4) is 0 Å². The highest BCUT2D eigenvalue weighted by molar-refractivity contribution is 5.49. The summed E-state index contributed by atoms with van der Waals surface area (Å²) in [5.41, 5.74) is 0.941. The summed E-state index contributed by atoms with van der Waals surface area (Å²) in [6.45, 7) is 2.92. The Labute approximate surface area is 75.8 Å². The van der Waals surface area contributed by atoms with Gasteiger partial charge in [0.2, 0.25) is 5.95 Å². The zero-order valence-corrected chi connectivity index (χ0v) is 7.36. The largest absolute Gasteiger partial charge is 0.331 e. The van der Waals surface area contributed by atoms with E-state index in [1.54, 1.807) is 18.6 Å². The van der Waals surface area contributed by atoms with E-state index in [4.69, 9.17) is 0 Å². The molecule has 0 aliphatic rings. The van der Waals surface area contributed by atoms with Crippen molar-refractivity contribution in [1.29, 1.82) is 0 Å². The second-order valence-electron chi connectivity index (χ2n) is 2.65. The number of aryl methyl sites for hydroxylation is 1. The van der Waals surface area contributed by atoms with Crippen LogP contribution in [0.25, 0.3) is 0 Å². The second-order valence-corrected chi connectivity index (χ2v) is 2.65. The van der Waals surface area contributed by atoms with E-state index in [0.717, 1.165) is 18.2 Å². The zero-order valence-electron chi connectivity index (χ0n) is 7.36. The molecule has 0 saturated carbocycles. The Morgan fingerprint density at radius 1 is 1.62 bits per heavy atom. The molecule has 0 aliphatic carbocycles. The van der Waals surface area contributed by atoms with Crippen LogP contribution in [-0.4, -0.2) is 19.7 Å². The predicted octanol–water partition coefficient (Wildman–Crippen LogP) is 1.37. The third kappa shape index (κ3) is 1.69. The van der Waals surface area contributed by atoms with E-state index in [-0.39, 0.29) is 0 Å². The number of hydrogen-bond donors (Lipinski definition) is 2. The molecule has 2 aromatic rings. The molecular weight excluding hydrogens is 166 g/mol. The fourth-order valence-corrected chi connectivity index (χ4v) is 1.07. The summed E-state index contributed by atoms with van der Waals surface area (Å²) < 4.78 is 1.85. The Morgan fingerprint density at radius 3 is 3.15 bits per heavy atom. The Bertz CT molecular complexity index is 362. The third-order valence-electron chi connectivity index (χ3n) is 1.72. The average molecular weight is 177 g/mol.